The lowest BCUT2D eigenvalue weighted by Gasteiger charge is -2.00. The van der Waals surface area contributed by atoms with Gasteiger partial charge in [0.05, 0.1) is 12.3 Å². The molecular formula is C13H13N3O. The molecule has 4 nitrogen and oxygen atoms in total. The number of hydrogen-bond acceptors (Lipinski definition) is 3. The first-order chi connectivity index (χ1) is 8.40. The number of aliphatic hydroxyl groups is 1. The number of benzene rings is 1. The quantitative estimate of drug-likeness (QED) is 0.811. The lowest BCUT2D eigenvalue weighted by atomic mass is 10.2. The molecule has 2 rings (SSSR count). The minimum atomic E-state index is 0.0651. The van der Waals surface area contributed by atoms with Gasteiger partial charge in [0, 0.05) is 0 Å². The van der Waals surface area contributed by atoms with Crippen molar-refractivity contribution in [2.75, 3.05) is 6.61 Å². The van der Waals surface area contributed by atoms with E-state index in [0.717, 1.165) is 11.3 Å². The number of aromatic nitrogens is 3. The van der Waals surface area contributed by atoms with Crippen molar-refractivity contribution in [2.24, 2.45) is 0 Å². The van der Waals surface area contributed by atoms with Crippen LogP contribution in [0, 0.1) is 0 Å². The topological polar surface area (TPSA) is 50.9 Å². The van der Waals surface area contributed by atoms with Crippen LogP contribution < -0.4 is 0 Å². The van der Waals surface area contributed by atoms with E-state index < -0.39 is 0 Å². The molecule has 1 aromatic carbocycles. The molecule has 2 aromatic rings. The summed E-state index contributed by atoms with van der Waals surface area (Å²) in [6.07, 6.45) is 10.5. The van der Waals surface area contributed by atoms with Gasteiger partial charge in [0.1, 0.15) is 12.7 Å². The zero-order chi connectivity index (χ0) is 11.9. The standard InChI is InChI=1S/C13H13N3O/c17-9-3-1-2-4-12-5-7-13(8-6-12)16-11-14-10-15-16/h1-8,10-11,17H,9H2/b3-1+,4-2+. The third kappa shape index (κ3) is 3.12. The van der Waals surface area contributed by atoms with Crippen LogP contribution in [0.4, 0.5) is 0 Å². The van der Waals surface area contributed by atoms with Crippen LogP contribution in [-0.2, 0) is 0 Å². The van der Waals surface area contributed by atoms with E-state index >= 15 is 0 Å². The lowest BCUT2D eigenvalue weighted by molar-refractivity contribution is 0.343. The number of aliphatic hydroxyl groups excluding tert-OH is 1. The summed E-state index contributed by atoms with van der Waals surface area (Å²) in [6, 6.07) is 7.95. The lowest BCUT2D eigenvalue weighted by Crippen LogP contribution is -1.93. The summed E-state index contributed by atoms with van der Waals surface area (Å²) in [5.41, 5.74) is 2.07. The van der Waals surface area contributed by atoms with Gasteiger partial charge >= 0.3 is 0 Å². The molecule has 4 heteroatoms. The minimum Gasteiger partial charge on any atom is -0.392 e. The summed E-state index contributed by atoms with van der Waals surface area (Å²) in [6.45, 7) is 0.0651. The maximum absolute atomic E-state index is 8.57. The van der Waals surface area contributed by atoms with E-state index in [1.54, 1.807) is 17.1 Å². The molecule has 0 aliphatic carbocycles. The van der Waals surface area contributed by atoms with Gasteiger partial charge in [-0.1, -0.05) is 36.4 Å². The van der Waals surface area contributed by atoms with E-state index in [1.807, 2.05) is 42.5 Å². The Morgan fingerprint density at radius 2 is 2.00 bits per heavy atom. The van der Waals surface area contributed by atoms with Crippen LogP contribution >= 0.6 is 0 Å². The normalized spacial score (nSPS) is 11.6. The van der Waals surface area contributed by atoms with Crippen molar-refractivity contribution >= 4 is 6.08 Å². The van der Waals surface area contributed by atoms with E-state index in [-0.39, 0.29) is 6.61 Å². The molecule has 0 aliphatic rings. The van der Waals surface area contributed by atoms with Crippen molar-refractivity contribution in [2.45, 2.75) is 0 Å². The van der Waals surface area contributed by atoms with E-state index in [4.69, 9.17) is 5.11 Å². The molecule has 86 valence electrons. The first-order valence-corrected chi connectivity index (χ1v) is 5.29. The molecule has 1 heterocycles. The second-order valence-corrected chi connectivity index (χ2v) is 3.40. The third-order valence-electron chi connectivity index (χ3n) is 2.22. The van der Waals surface area contributed by atoms with Crippen LogP contribution in [-0.4, -0.2) is 26.5 Å². The molecule has 0 amide bonds. The van der Waals surface area contributed by atoms with Crippen LogP contribution in [0.3, 0.4) is 0 Å². The summed E-state index contributed by atoms with van der Waals surface area (Å²) in [4.78, 5) is 3.90. The summed E-state index contributed by atoms with van der Waals surface area (Å²) in [7, 11) is 0. The first kappa shape index (κ1) is 11.3. The molecule has 0 unspecified atom stereocenters. The maximum Gasteiger partial charge on any atom is 0.138 e. The van der Waals surface area contributed by atoms with Gasteiger partial charge in [-0.3, -0.25) is 0 Å². The zero-order valence-electron chi connectivity index (χ0n) is 9.27. The van der Waals surface area contributed by atoms with E-state index in [1.165, 1.54) is 6.33 Å². The van der Waals surface area contributed by atoms with Crippen molar-refractivity contribution in [3.63, 3.8) is 0 Å². The van der Waals surface area contributed by atoms with Crippen LogP contribution in [0.15, 0.2) is 55.1 Å². The molecule has 0 fully saturated rings. The van der Waals surface area contributed by atoms with Crippen molar-refractivity contribution in [1.82, 2.24) is 14.8 Å². The Balaban J connectivity index is 2.08. The fourth-order valence-electron chi connectivity index (χ4n) is 1.39. The minimum absolute atomic E-state index is 0.0651. The van der Waals surface area contributed by atoms with Gasteiger partial charge in [0.2, 0.25) is 0 Å². The second-order valence-electron chi connectivity index (χ2n) is 3.40. The van der Waals surface area contributed by atoms with Crippen LogP contribution in [0.1, 0.15) is 5.56 Å². The predicted octanol–water partition coefficient (Wildman–Crippen LogP) is 1.83. The van der Waals surface area contributed by atoms with E-state index in [9.17, 15) is 0 Å². The molecule has 0 saturated heterocycles. The highest BCUT2D eigenvalue weighted by Crippen LogP contribution is 2.09. The molecule has 0 aliphatic heterocycles. The van der Waals surface area contributed by atoms with Crippen molar-refractivity contribution in [3.05, 3.63) is 60.7 Å². The van der Waals surface area contributed by atoms with Gasteiger partial charge in [-0.15, -0.1) is 0 Å². The van der Waals surface area contributed by atoms with E-state index in [2.05, 4.69) is 10.1 Å². The molecule has 1 N–H and O–H groups in total. The van der Waals surface area contributed by atoms with Gasteiger partial charge < -0.3 is 5.11 Å². The Morgan fingerprint density at radius 1 is 1.18 bits per heavy atom. The number of hydrogen-bond donors (Lipinski definition) is 1. The molecule has 1 aromatic heterocycles. The van der Waals surface area contributed by atoms with Crippen LogP contribution in [0.5, 0.6) is 0 Å². The highest BCUT2D eigenvalue weighted by atomic mass is 16.2. The number of rotatable bonds is 4. The average Bonchev–Trinajstić information content (AvgIpc) is 2.89. The number of allylic oxidation sites excluding steroid dienone is 2. The molecule has 0 bridgehead atoms. The monoisotopic (exact) mass is 227 g/mol. The average molecular weight is 227 g/mol. The SMILES string of the molecule is OC/C=C/C=C/c1ccc(-n2cncn2)cc1. The molecule has 17 heavy (non-hydrogen) atoms. The van der Waals surface area contributed by atoms with Crippen molar-refractivity contribution < 1.29 is 5.11 Å². The molecule has 0 radical (unpaired) electrons. The largest absolute Gasteiger partial charge is 0.392 e. The highest BCUT2D eigenvalue weighted by molar-refractivity contribution is 5.53. The summed E-state index contributed by atoms with van der Waals surface area (Å²) < 4.78 is 1.71. The fourth-order valence-corrected chi connectivity index (χ4v) is 1.39. The van der Waals surface area contributed by atoms with Crippen LogP contribution in [0.2, 0.25) is 0 Å². The Bertz CT molecular complexity index is 498. The number of nitrogens with zero attached hydrogens (tertiary/aromatic N) is 3. The van der Waals surface area contributed by atoms with Gasteiger partial charge in [0.25, 0.3) is 0 Å². The fraction of sp³-hybridized carbons (Fsp3) is 0.0769. The van der Waals surface area contributed by atoms with E-state index in [0.29, 0.717) is 0 Å². The Hall–Kier alpha value is -2.20. The van der Waals surface area contributed by atoms with Crippen molar-refractivity contribution in [3.8, 4) is 5.69 Å². The summed E-state index contributed by atoms with van der Waals surface area (Å²) >= 11 is 0. The maximum atomic E-state index is 8.57. The van der Waals surface area contributed by atoms with Gasteiger partial charge in [-0.25, -0.2) is 9.67 Å². The van der Waals surface area contributed by atoms with Crippen molar-refractivity contribution in [1.29, 1.82) is 0 Å². The summed E-state index contributed by atoms with van der Waals surface area (Å²) in [5.74, 6) is 0. The zero-order valence-corrected chi connectivity index (χ0v) is 9.27. The van der Waals surface area contributed by atoms with Gasteiger partial charge in [-0.2, -0.15) is 5.10 Å². The predicted molar refractivity (Wildman–Crippen MR) is 66.6 cm³/mol. The second kappa shape index (κ2) is 5.77. The molecule has 0 atom stereocenters. The van der Waals surface area contributed by atoms with Gasteiger partial charge in [-0.05, 0) is 17.7 Å². The molecular weight excluding hydrogens is 214 g/mol. The Labute approximate surface area is 99.6 Å². The Kier molecular flexibility index (Phi) is 3.83. The highest BCUT2D eigenvalue weighted by Gasteiger charge is 1.94. The summed E-state index contributed by atoms with van der Waals surface area (Å²) in [5, 5.41) is 12.6. The first-order valence-electron chi connectivity index (χ1n) is 5.29. The smallest absolute Gasteiger partial charge is 0.138 e. The molecule has 0 spiro atoms. The van der Waals surface area contributed by atoms with Crippen LogP contribution in [0.25, 0.3) is 11.8 Å². The third-order valence-corrected chi connectivity index (χ3v) is 2.22. The Morgan fingerprint density at radius 3 is 2.65 bits per heavy atom. The van der Waals surface area contributed by atoms with Gasteiger partial charge in [0.15, 0.2) is 0 Å². The molecule has 0 saturated carbocycles.